The summed E-state index contributed by atoms with van der Waals surface area (Å²) in [6.07, 6.45) is -4.50. The smallest absolute Gasteiger partial charge is 0.416 e. The number of nitro groups is 1. The minimum Gasteiger partial charge on any atom is -0.481 e. The fourth-order valence-corrected chi connectivity index (χ4v) is 2.82. The van der Waals surface area contributed by atoms with Gasteiger partial charge < -0.3 is 4.74 Å². The molecule has 0 spiro atoms. The Morgan fingerprint density at radius 2 is 1.96 bits per heavy atom. The first-order valence-corrected chi connectivity index (χ1v) is 7.59. The van der Waals surface area contributed by atoms with Crippen molar-refractivity contribution >= 4 is 17.3 Å². The summed E-state index contributed by atoms with van der Waals surface area (Å²) >= 11 is 0. The predicted molar refractivity (Wildman–Crippen MR) is 85.9 cm³/mol. The van der Waals surface area contributed by atoms with Gasteiger partial charge in [-0.25, -0.2) is 0 Å². The normalized spacial score (nSPS) is 15.2. The lowest BCUT2D eigenvalue weighted by molar-refractivity contribution is -0.384. The summed E-state index contributed by atoms with van der Waals surface area (Å²) in [6.45, 7) is 1.24. The van der Waals surface area contributed by atoms with E-state index in [1.54, 1.807) is 6.92 Å². The van der Waals surface area contributed by atoms with E-state index in [0.29, 0.717) is 5.56 Å². The Morgan fingerprint density at radius 1 is 1.23 bits per heavy atom. The summed E-state index contributed by atoms with van der Waals surface area (Å²) in [6, 6.07) is 7.75. The predicted octanol–water partition coefficient (Wildman–Crippen LogP) is 4.10. The molecule has 1 aliphatic heterocycles. The molecule has 0 saturated carbocycles. The summed E-state index contributed by atoms with van der Waals surface area (Å²) in [5, 5.41) is 10.9. The number of carbonyl (C=O) groups excluding carboxylic acids is 1. The van der Waals surface area contributed by atoms with Crippen LogP contribution in [0, 0.1) is 10.1 Å². The Hall–Kier alpha value is -3.10. The lowest BCUT2D eigenvalue weighted by atomic mass is 10.0. The largest absolute Gasteiger partial charge is 0.481 e. The van der Waals surface area contributed by atoms with Crippen LogP contribution in [-0.2, 0) is 11.0 Å². The minimum atomic E-state index is -4.50. The number of alkyl halides is 3. The number of nitrogens with zero attached hydrogens (tertiary/aromatic N) is 2. The van der Waals surface area contributed by atoms with Gasteiger partial charge in [-0.05, 0) is 30.7 Å². The molecule has 0 fully saturated rings. The molecule has 0 N–H and O–H groups in total. The second-order valence-corrected chi connectivity index (χ2v) is 5.76. The minimum absolute atomic E-state index is 0.137. The highest BCUT2D eigenvalue weighted by Crippen LogP contribution is 2.40. The van der Waals surface area contributed by atoms with Gasteiger partial charge in [-0.2, -0.15) is 13.2 Å². The van der Waals surface area contributed by atoms with Crippen LogP contribution >= 0.6 is 0 Å². The van der Waals surface area contributed by atoms with E-state index in [-0.39, 0.29) is 23.7 Å². The maximum atomic E-state index is 12.9. The van der Waals surface area contributed by atoms with E-state index in [0.717, 1.165) is 12.1 Å². The number of fused-ring (bicyclic) bond motifs is 1. The lowest BCUT2D eigenvalue weighted by Crippen LogP contribution is -2.40. The molecule has 6 nitrogen and oxygen atoms in total. The van der Waals surface area contributed by atoms with Crippen molar-refractivity contribution < 1.29 is 27.6 Å². The number of amides is 1. The monoisotopic (exact) mass is 366 g/mol. The highest BCUT2D eigenvalue weighted by molar-refractivity contribution is 5.98. The van der Waals surface area contributed by atoms with Crippen LogP contribution in [0.25, 0.3) is 0 Å². The Balaban J connectivity index is 2.01. The van der Waals surface area contributed by atoms with Gasteiger partial charge in [0.25, 0.3) is 11.6 Å². The van der Waals surface area contributed by atoms with Crippen molar-refractivity contribution in [1.82, 2.24) is 0 Å². The zero-order valence-corrected chi connectivity index (χ0v) is 13.5. The number of nitro benzene ring substituents is 1. The van der Waals surface area contributed by atoms with Crippen molar-refractivity contribution in [2.24, 2.45) is 0 Å². The highest BCUT2D eigenvalue weighted by atomic mass is 19.4. The molecule has 1 atom stereocenters. The highest BCUT2D eigenvalue weighted by Gasteiger charge is 2.34. The number of benzene rings is 2. The fourth-order valence-electron chi connectivity index (χ4n) is 2.82. The average molecular weight is 366 g/mol. The molecule has 2 aromatic carbocycles. The van der Waals surface area contributed by atoms with E-state index in [2.05, 4.69) is 0 Å². The van der Waals surface area contributed by atoms with Crippen molar-refractivity contribution in [3.63, 3.8) is 0 Å². The standard InChI is InChI=1S/C17H13F3N2O4/c1-10(11-3-2-4-12(7-11)17(18,19)20)21-14-6-5-13(22(24)25)8-15(14)26-9-16(21)23/h2-8,10H,9H2,1H3/t10-/m0/s1. The first-order chi connectivity index (χ1) is 12.2. The van der Waals surface area contributed by atoms with Crippen LogP contribution in [0.1, 0.15) is 24.1 Å². The van der Waals surface area contributed by atoms with Crippen LogP contribution in [-0.4, -0.2) is 17.4 Å². The molecule has 0 aromatic heterocycles. The average Bonchev–Trinajstić information content (AvgIpc) is 2.60. The number of hydrogen-bond acceptors (Lipinski definition) is 4. The third-order valence-electron chi connectivity index (χ3n) is 4.12. The van der Waals surface area contributed by atoms with E-state index in [1.165, 1.54) is 35.2 Å². The van der Waals surface area contributed by atoms with Gasteiger partial charge in [0.05, 0.1) is 28.3 Å². The summed E-state index contributed by atoms with van der Waals surface area (Å²) in [5.41, 5.74) is -0.451. The van der Waals surface area contributed by atoms with Crippen molar-refractivity contribution in [2.75, 3.05) is 11.5 Å². The van der Waals surface area contributed by atoms with Crippen LogP contribution in [0.15, 0.2) is 42.5 Å². The first kappa shape index (κ1) is 17.7. The van der Waals surface area contributed by atoms with Gasteiger partial charge >= 0.3 is 6.18 Å². The van der Waals surface area contributed by atoms with E-state index < -0.39 is 28.6 Å². The molecule has 136 valence electrons. The third kappa shape index (κ3) is 3.19. The lowest BCUT2D eigenvalue weighted by Gasteiger charge is -2.34. The number of ether oxygens (including phenoxy) is 1. The van der Waals surface area contributed by atoms with Gasteiger partial charge in [0.1, 0.15) is 0 Å². The zero-order valence-electron chi connectivity index (χ0n) is 13.5. The summed E-state index contributed by atoms with van der Waals surface area (Å²) < 4.78 is 44.1. The SMILES string of the molecule is C[C@@H](c1cccc(C(F)(F)F)c1)N1C(=O)COc2cc([N+](=O)[O-])ccc21. The molecule has 0 aliphatic carbocycles. The van der Waals surface area contributed by atoms with Crippen LogP contribution < -0.4 is 9.64 Å². The molecule has 9 heteroatoms. The second-order valence-electron chi connectivity index (χ2n) is 5.76. The molecular weight excluding hydrogens is 353 g/mol. The molecule has 1 aliphatic rings. The summed E-state index contributed by atoms with van der Waals surface area (Å²) in [4.78, 5) is 23.9. The number of hydrogen-bond donors (Lipinski definition) is 0. The third-order valence-corrected chi connectivity index (χ3v) is 4.12. The number of anilines is 1. The molecule has 1 heterocycles. The van der Waals surface area contributed by atoms with Crippen molar-refractivity contribution in [3.05, 3.63) is 63.7 Å². The van der Waals surface area contributed by atoms with Gasteiger partial charge in [-0.1, -0.05) is 12.1 Å². The number of rotatable bonds is 3. The van der Waals surface area contributed by atoms with Crippen LogP contribution in [0.3, 0.4) is 0 Å². The van der Waals surface area contributed by atoms with Crippen molar-refractivity contribution in [3.8, 4) is 5.75 Å². The first-order valence-electron chi connectivity index (χ1n) is 7.59. The quantitative estimate of drug-likeness (QED) is 0.606. The topological polar surface area (TPSA) is 72.7 Å². The molecule has 26 heavy (non-hydrogen) atoms. The van der Waals surface area contributed by atoms with Gasteiger partial charge in [0.15, 0.2) is 12.4 Å². The Kier molecular flexibility index (Phi) is 4.31. The fraction of sp³-hybridized carbons (Fsp3) is 0.235. The van der Waals surface area contributed by atoms with Gasteiger partial charge in [0, 0.05) is 6.07 Å². The molecule has 0 bridgehead atoms. The molecule has 0 saturated heterocycles. The summed E-state index contributed by atoms with van der Waals surface area (Å²) in [5.74, 6) is -0.311. The maximum Gasteiger partial charge on any atom is 0.416 e. The number of non-ortho nitro benzene ring substituents is 1. The number of halogens is 3. The molecule has 1 amide bonds. The van der Waals surface area contributed by atoms with E-state index >= 15 is 0 Å². The zero-order chi connectivity index (χ0) is 19.1. The van der Waals surface area contributed by atoms with Crippen LogP contribution in [0.2, 0.25) is 0 Å². The molecular formula is C17H13F3N2O4. The Morgan fingerprint density at radius 3 is 2.62 bits per heavy atom. The van der Waals surface area contributed by atoms with Gasteiger partial charge in [0.2, 0.25) is 0 Å². The molecule has 3 rings (SSSR count). The van der Waals surface area contributed by atoms with Crippen molar-refractivity contribution in [1.29, 1.82) is 0 Å². The Labute approximate surface area is 145 Å². The molecule has 0 radical (unpaired) electrons. The van der Waals surface area contributed by atoms with Gasteiger partial charge in [-0.3, -0.25) is 19.8 Å². The van der Waals surface area contributed by atoms with E-state index in [9.17, 15) is 28.1 Å². The second kappa shape index (κ2) is 6.32. The molecule has 2 aromatic rings. The number of carbonyl (C=O) groups is 1. The van der Waals surface area contributed by atoms with E-state index in [4.69, 9.17) is 4.74 Å². The van der Waals surface area contributed by atoms with Crippen LogP contribution in [0.5, 0.6) is 5.75 Å². The Bertz CT molecular complexity index is 883. The van der Waals surface area contributed by atoms with Crippen LogP contribution in [0.4, 0.5) is 24.5 Å². The summed E-state index contributed by atoms with van der Waals surface area (Å²) in [7, 11) is 0. The van der Waals surface area contributed by atoms with E-state index in [1.807, 2.05) is 0 Å². The van der Waals surface area contributed by atoms with Crippen molar-refractivity contribution in [2.45, 2.75) is 19.1 Å². The van der Waals surface area contributed by atoms with Gasteiger partial charge in [-0.15, -0.1) is 0 Å². The molecule has 0 unspecified atom stereocenters. The maximum absolute atomic E-state index is 12.9.